The lowest BCUT2D eigenvalue weighted by Crippen LogP contribution is -2.36. The van der Waals surface area contributed by atoms with Crippen LogP contribution in [0.1, 0.15) is 40.5 Å². The Balaban J connectivity index is 0.00000112. The number of ether oxygens (including phenoxy) is 1. The molecule has 1 aliphatic heterocycles. The normalized spacial score (nSPS) is 21.5. The molecule has 134 valence electrons. The van der Waals surface area contributed by atoms with E-state index < -0.39 is 15.3 Å². The number of hydrogen-bond acceptors (Lipinski definition) is 4. The monoisotopic (exact) mass is 345 g/mol. The maximum atomic E-state index is 12.7. The average molecular weight is 346 g/mol. The van der Waals surface area contributed by atoms with Crippen LogP contribution in [-0.2, 0) is 14.8 Å². The van der Waals surface area contributed by atoms with Crippen molar-refractivity contribution in [3.63, 3.8) is 0 Å². The van der Waals surface area contributed by atoms with Crippen LogP contribution in [0.15, 0.2) is 35.1 Å². The van der Waals surface area contributed by atoms with Crippen molar-refractivity contribution < 1.29 is 18.3 Å². The first-order chi connectivity index (χ1) is 10.9. The van der Waals surface area contributed by atoms with E-state index in [1.165, 1.54) is 0 Å². The van der Waals surface area contributed by atoms with Gasteiger partial charge in [0.05, 0.1) is 7.11 Å². The summed E-state index contributed by atoms with van der Waals surface area (Å²) in [4.78, 5) is 0. The molecule has 0 aromatic heterocycles. The van der Waals surface area contributed by atoms with E-state index in [0.29, 0.717) is 18.8 Å². The summed E-state index contributed by atoms with van der Waals surface area (Å²) in [7, 11) is -0.704. The second-order valence-electron chi connectivity index (χ2n) is 5.12. The predicted octanol–water partition coefficient (Wildman–Crippen LogP) is 2.85. The zero-order valence-electron chi connectivity index (χ0n) is 15.2. The van der Waals surface area contributed by atoms with E-state index in [9.17, 15) is 8.42 Å². The molecular weight excluding hydrogens is 314 g/mol. The van der Waals surface area contributed by atoms with E-state index in [0.717, 1.165) is 31.1 Å². The highest BCUT2D eigenvalue weighted by Crippen LogP contribution is 2.26. The second kappa shape index (κ2) is 10.6. The fourth-order valence-corrected chi connectivity index (χ4v) is 4.55. The number of aliphatic hydroxyl groups is 1. The molecule has 1 atom stereocenters. The molecular formula is C17H31NO4S. The molecule has 0 spiro atoms. The van der Waals surface area contributed by atoms with E-state index in [1.54, 1.807) is 11.4 Å². The van der Waals surface area contributed by atoms with E-state index in [4.69, 9.17) is 9.84 Å². The van der Waals surface area contributed by atoms with Gasteiger partial charge in [-0.1, -0.05) is 19.9 Å². The number of aliphatic hydroxyl groups excluding tert-OH is 1. The Bertz CT molecular complexity index is 541. The SMILES string of the molecule is CC.CO.COC1=CC(C)=CC(S(=O)(=O)N2CCCC2)C(C)=C1. The first-order valence-electron chi connectivity index (χ1n) is 8.01. The summed E-state index contributed by atoms with van der Waals surface area (Å²) in [6.45, 7) is 9.03. The molecule has 0 saturated carbocycles. The number of nitrogens with zero attached hydrogens (tertiary/aromatic N) is 1. The highest BCUT2D eigenvalue weighted by Gasteiger charge is 2.34. The van der Waals surface area contributed by atoms with Crippen molar-refractivity contribution in [2.45, 2.75) is 45.8 Å². The number of sulfonamides is 1. The van der Waals surface area contributed by atoms with E-state index in [-0.39, 0.29) is 0 Å². The molecule has 2 rings (SSSR count). The fraction of sp³-hybridized carbons (Fsp3) is 0.647. The van der Waals surface area contributed by atoms with Gasteiger partial charge < -0.3 is 9.84 Å². The third kappa shape index (κ3) is 5.79. The number of methoxy groups -OCH3 is 1. The Kier molecular flexibility index (Phi) is 10.1. The summed E-state index contributed by atoms with van der Waals surface area (Å²) in [5, 5.41) is 6.43. The van der Waals surface area contributed by atoms with Crippen molar-refractivity contribution in [3.8, 4) is 0 Å². The van der Waals surface area contributed by atoms with Crippen molar-refractivity contribution in [3.05, 3.63) is 35.1 Å². The maximum absolute atomic E-state index is 12.7. The highest BCUT2D eigenvalue weighted by molar-refractivity contribution is 7.90. The van der Waals surface area contributed by atoms with Gasteiger partial charge in [0, 0.05) is 20.2 Å². The van der Waals surface area contributed by atoms with Crippen molar-refractivity contribution in [2.24, 2.45) is 0 Å². The van der Waals surface area contributed by atoms with Gasteiger partial charge in [-0.25, -0.2) is 12.7 Å². The molecule has 1 N–H and O–H groups in total. The van der Waals surface area contributed by atoms with Crippen LogP contribution in [0.2, 0.25) is 0 Å². The second-order valence-corrected chi connectivity index (χ2v) is 7.18. The number of hydrogen-bond donors (Lipinski definition) is 1. The van der Waals surface area contributed by atoms with Crippen LogP contribution in [0, 0.1) is 0 Å². The van der Waals surface area contributed by atoms with Gasteiger partial charge in [-0.2, -0.15) is 0 Å². The number of rotatable bonds is 3. The van der Waals surface area contributed by atoms with Gasteiger partial charge in [-0.15, -0.1) is 0 Å². The van der Waals surface area contributed by atoms with Crippen molar-refractivity contribution in [1.29, 1.82) is 0 Å². The van der Waals surface area contributed by atoms with Gasteiger partial charge in [0.25, 0.3) is 0 Å². The van der Waals surface area contributed by atoms with Crippen LogP contribution in [0.5, 0.6) is 0 Å². The van der Waals surface area contributed by atoms with Crippen LogP contribution in [-0.4, -0.2) is 50.4 Å². The Morgan fingerprint density at radius 3 is 2.13 bits per heavy atom. The smallest absolute Gasteiger partial charge is 0.224 e. The van der Waals surface area contributed by atoms with Crippen LogP contribution < -0.4 is 0 Å². The Hall–Kier alpha value is -1.11. The molecule has 2 aliphatic rings. The molecule has 1 aliphatic carbocycles. The van der Waals surface area contributed by atoms with Crippen molar-refractivity contribution in [1.82, 2.24) is 4.31 Å². The molecule has 1 saturated heterocycles. The average Bonchev–Trinajstić information content (AvgIpc) is 3.06. The zero-order valence-corrected chi connectivity index (χ0v) is 16.0. The summed E-state index contributed by atoms with van der Waals surface area (Å²) in [6.07, 6.45) is 7.40. The molecule has 1 heterocycles. The fourth-order valence-electron chi connectivity index (χ4n) is 2.53. The van der Waals surface area contributed by atoms with Crippen LogP contribution in [0.3, 0.4) is 0 Å². The van der Waals surface area contributed by atoms with E-state index >= 15 is 0 Å². The lowest BCUT2D eigenvalue weighted by molar-refractivity contribution is 0.306. The summed E-state index contributed by atoms with van der Waals surface area (Å²) >= 11 is 0. The molecule has 1 unspecified atom stereocenters. The molecule has 0 radical (unpaired) electrons. The molecule has 6 heteroatoms. The third-order valence-corrected chi connectivity index (χ3v) is 5.82. The lowest BCUT2D eigenvalue weighted by atomic mass is 10.2. The largest absolute Gasteiger partial charge is 0.497 e. The van der Waals surface area contributed by atoms with Gasteiger partial charge in [-0.05, 0) is 50.0 Å². The van der Waals surface area contributed by atoms with Crippen molar-refractivity contribution in [2.75, 3.05) is 27.3 Å². The molecule has 0 bridgehead atoms. The summed E-state index contributed by atoms with van der Waals surface area (Å²) in [5.41, 5.74) is 1.72. The topological polar surface area (TPSA) is 66.8 Å². The van der Waals surface area contributed by atoms with Gasteiger partial charge in [0.15, 0.2) is 0 Å². The quantitative estimate of drug-likeness (QED) is 0.854. The zero-order chi connectivity index (χ0) is 18.0. The first-order valence-corrected chi connectivity index (χ1v) is 9.51. The summed E-state index contributed by atoms with van der Waals surface area (Å²) in [6, 6.07) is 0. The van der Waals surface area contributed by atoms with Crippen molar-refractivity contribution >= 4 is 10.0 Å². The molecule has 5 nitrogen and oxygen atoms in total. The molecule has 0 aromatic rings. The Morgan fingerprint density at radius 1 is 1.13 bits per heavy atom. The van der Waals surface area contributed by atoms with Gasteiger partial charge in [0.1, 0.15) is 11.0 Å². The van der Waals surface area contributed by atoms with E-state index in [1.807, 2.05) is 45.9 Å². The van der Waals surface area contributed by atoms with E-state index in [2.05, 4.69) is 0 Å². The Morgan fingerprint density at radius 2 is 1.65 bits per heavy atom. The van der Waals surface area contributed by atoms with Crippen LogP contribution >= 0.6 is 0 Å². The van der Waals surface area contributed by atoms with Gasteiger partial charge in [0.2, 0.25) is 10.0 Å². The van der Waals surface area contributed by atoms with Crippen LogP contribution in [0.25, 0.3) is 0 Å². The lowest BCUT2D eigenvalue weighted by Gasteiger charge is -2.22. The minimum Gasteiger partial charge on any atom is -0.497 e. The van der Waals surface area contributed by atoms with Crippen LogP contribution in [0.4, 0.5) is 0 Å². The standard InChI is InChI=1S/C14H21NO3S.C2H6.CH4O/c1-11-8-13(18-3)10-12(2)14(9-11)19(16,17)15-6-4-5-7-15;2*1-2/h8-10,14H,4-7H2,1-3H3;1-2H3;2H,1H3. The maximum Gasteiger partial charge on any atom is 0.224 e. The van der Waals surface area contributed by atoms with Gasteiger partial charge in [-0.3, -0.25) is 0 Å². The predicted molar refractivity (Wildman–Crippen MR) is 95.6 cm³/mol. The molecule has 1 fully saturated rings. The number of allylic oxidation sites excluding steroid dienone is 3. The molecule has 0 aromatic carbocycles. The first kappa shape index (κ1) is 21.9. The van der Waals surface area contributed by atoms with Gasteiger partial charge >= 0.3 is 0 Å². The molecule has 23 heavy (non-hydrogen) atoms. The third-order valence-electron chi connectivity index (χ3n) is 3.58. The summed E-state index contributed by atoms with van der Waals surface area (Å²) < 4.78 is 32.2. The minimum atomic E-state index is -3.30. The summed E-state index contributed by atoms with van der Waals surface area (Å²) in [5.74, 6) is 0.699. The molecule has 0 amide bonds. The highest BCUT2D eigenvalue weighted by atomic mass is 32.2. The minimum absolute atomic E-state index is 0.575. The Labute approximate surface area is 141 Å².